The molecule has 0 aromatic carbocycles. The SMILES string of the molecule is CCCCCCCCCCCC1(C)OC(C(=O)O)C(C(=O)O)O1. The van der Waals surface area contributed by atoms with Crippen molar-refractivity contribution in [3.63, 3.8) is 0 Å². The standard InChI is InChI=1S/C17H30O6/c1-3-4-5-6-7-8-9-10-11-12-17(2)22-13(15(18)19)14(23-17)16(20)21/h13-14H,3-12H2,1-2H3,(H,18,19)(H,20,21). The zero-order valence-electron chi connectivity index (χ0n) is 14.3. The van der Waals surface area contributed by atoms with Gasteiger partial charge in [0.2, 0.25) is 0 Å². The average Bonchev–Trinajstić information content (AvgIpc) is 2.84. The van der Waals surface area contributed by atoms with Crippen LogP contribution in [0.5, 0.6) is 0 Å². The maximum atomic E-state index is 11.1. The maximum absolute atomic E-state index is 11.1. The predicted molar refractivity (Wildman–Crippen MR) is 85.3 cm³/mol. The molecule has 0 aliphatic carbocycles. The number of rotatable bonds is 12. The number of aliphatic carboxylic acids is 2. The first kappa shape index (κ1) is 19.9. The van der Waals surface area contributed by atoms with Gasteiger partial charge in [-0.3, -0.25) is 0 Å². The number of unbranched alkanes of at least 4 members (excludes halogenated alkanes) is 8. The van der Waals surface area contributed by atoms with Gasteiger partial charge in [0.25, 0.3) is 0 Å². The minimum Gasteiger partial charge on any atom is -0.479 e. The van der Waals surface area contributed by atoms with Gasteiger partial charge < -0.3 is 19.7 Å². The lowest BCUT2D eigenvalue weighted by Gasteiger charge is -2.22. The normalized spacial score (nSPS) is 27.2. The maximum Gasteiger partial charge on any atom is 0.336 e. The molecule has 0 saturated carbocycles. The van der Waals surface area contributed by atoms with Crippen LogP contribution in [-0.4, -0.2) is 40.1 Å². The van der Waals surface area contributed by atoms with E-state index < -0.39 is 29.9 Å². The second-order valence-corrected chi connectivity index (χ2v) is 6.47. The average molecular weight is 330 g/mol. The van der Waals surface area contributed by atoms with Gasteiger partial charge in [-0.2, -0.15) is 0 Å². The fourth-order valence-electron chi connectivity index (χ4n) is 2.92. The zero-order valence-corrected chi connectivity index (χ0v) is 14.3. The number of carboxylic acid groups (broad SMARTS) is 2. The lowest BCUT2D eigenvalue weighted by Crippen LogP contribution is -2.36. The molecule has 23 heavy (non-hydrogen) atoms. The Bertz CT molecular complexity index is 359. The summed E-state index contributed by atoms with van der Waals surface area (Å²) in [6.07, 6.45) is 8.26. The van der Waals surface area contributed by atoms with E-state index in [2.05, 4.69) is 6.92 Å². The highest BCUT2D eigenvalue weighted by molar-refractivity contribution is 5.84. The van der Waals surface area contributed by atoms with Gasteiger partial charge >= 0.3 is 11.9 Å². The van der Waals surface area contributed by atoms with Crippen molar-refractivity contribution < 1.29 is 29.3 Å². The summed E-state index contributed by atoms with van der Waals surface area (Å²) in [5, 5.41) is 18.1. The third-order valence-electron chi connectivity index (χ3n) is 4.25. The van der Waals surface area contributed by atoms with E-state index in [-0.39, 0.29) is 0 Å². The van der Waals surface area contributed by atoms with Crippen molar-refractivity contribution in [2.24, 2.45) is 0 Å². The molecule has 0 spiro atoms. The van der Waals surface area contributed by atoms with Gasteiger partial charge in [-0.1, -0.05) is 58.3 Å². The lowest BCUT2D eigenvalue weighted by atomic mass is 10.0. The molecule has 1 aliphatic rings. The van der Waals surface area contributed by atoms with Gasteiger partial charge in [0.05, 0.1) is 0 Å². The topological polar surface area (TPSA) is 93.1 Å². The molecular weight excluding hydrogens is 300 g/mol. The van der Waals surface area contributed by atoms with Crippen molar-refractivity contribution in [2.75, 3.05) is 0 Å². The zero-order chi connectivity index (χ0) is 17.3. The molecule has 1 rings (SSSR count). The van der Waals surface area contributed by atoms with Crippen LogP contribution in [0.3, 0.4) is 0 Å². The summed E-state index contributed by atoms with van der Waals surface area (Å²) in [6.45, 7) is 3.83. The number of carbonyl (C=O) groups is 2. The molecule has 2 N–H and O–H groups in total. The molecule has 0 amide bonds. The van der Waals surface area contributed by atoms with Crippen LogP contribution in [0, 0.1) is 0 Å². The second-order valence-electron chi connectivity index (χ2n) is 6.47. The van der Waals surface area contributed by atoms with E-state index in [4.69, 9.17) is 19.7 Å². The van der Waals surface area contributed by atoms with Gasteiger partial charge in [-0.15, -0.1) is 0 Å². The van der Waals surface area contributed by atoms with Crippen LogP contribution in [0.15, 0.2) is 0 Å². The Balaban J connectivity index is 2.21. The van der Waals surface area contributed by atoms with E-state index in [0.717, 1.165) is 19.3 Å². The summed E-state index contributed by atoms with van der Waals surface area (Å²) >= 11 is 0. The van der Waals surface area contributed by atoms with Gasteiger partial charge in [0.1, 0.15) is 0 Å². The fourth-order valence-corrected chi connectivity index (χ4v) is 2.92. The van der Waals surface area contributed by atoms with Crippen molar-refractivity contribution in [1.29, 1.82) is 0 Å². The molecular formula is C17H30O6. The smallest absolute Gasteiger partial charge is 0.336 e. The largest absolute Gasteiger partial charge is 0.479 e. The summed E-state index contributed by atoms with van der Waals surface area (Å²) in [5.74, 6) is -3.71. The molecule has 1 aliphatic heterocycles. The van der Waals surface area contributed by atoms with E-state index in [0.29, 0.717) is 6.42 Å². The Labute approximate surface area is 138 Å². The first-order chi connectivity index (χ1) is 10.9. The Morgan fingerprint density at radius 1 is 0.826 bits per heavy atom. The summed E-state index contributed by atoms with van der Waals surface area (Å²) in [7, 11) is 0. The Morgan fingerprint density at radius 3 is 1.61 bits per heavy atom. The van der Waals surface area contributed by atoms with Crippen molar-refractivity contribution in [1.82, 2.24) is 0 Å². The van der Waals surface area contributed by atoms with E-state index >= 15 is 0 Å². The van der Waals surface area contributed by atoms with Gasteiger partial charge in [-0.05, 0) is 13.3 Å². The minimum atomic E-state index is -1.43. The third-order valence-corrected chi connectivity index (χ3v) is 4.25. The fraction of sp³-hybridized carbons (Fsp3) is 0.882. The van der Waals surface area contributed by atoms with E-state index in [1.807, 2.05) is 0 Å². The van der Waals surface area contributed by atoms with Gasteiger partial charge in [-0.25, -0.2) is 9.59 Å². The molecule has 6 heteroatoms. The molecule has 1 heterocycles. The highest BCUT2D eigenvalue weighted by Crippen LogP contribution is 2.33. The highest BCUT2D eigenvalue weighted by atomic mass is 16.8. The van der Waals surface area contributed by atoms with Crippen LogP contribution in [0.1, 0.15) is 78.1 Å². The van der Waals surface area contributed by atoms with Crippen molar-refractivity contribution in [3.8, 4) is 0 Å². The second kappa shape index (κ2) is 9.88. The first-order valence-electron chi connectivity index (χ1n) is 8.71. The third kappa shape index (κ3) is 6.87. The van der Waals surface area contributed by atoms with E-state index in [1.165, 1.54) is 38.5 Å². The van der Waals surface area contributed by atoms with Gasteiger partial charge in [0.15, 0.2) is 18.0 Å². The van der Waals surface area contributed by atoms with Crippen LogP contribution >= 0.6 is 0 Å². The van der Waals surface area contributed by atoms with Crippen LogP contribution in [0.2, 0.25) is 0 Å². The Morgan fingerprint density at radius 2 is 1.22 bits per heavy atom. The highest BCUT2D eigenvalue weighted by Gasteiger charge is 2.51. The number of hydrogen-bond acceptors (Lipinski definition) is 4. The van der Waals surface area contributed by atoms with Crippen molar-refractivity contribution in [3.05, 3.63) is 0 Å². The number of carboxylic acids is 2. The molecule has 2 atom stereocenters. The lowest BCUT2D eigenvalue weighted by molar-refractivity contribution is -0.181. The Kier molecular flexibility index (Phi) is 8.55. The van der Waals surface area contributed by atoms with Crippen LogP contribution in [0.25, 0.3) is 0 Å². The van der Waals surface area contributed by atoms with Crippen LogP contribution < -0.4 is 0 Å². The molecule has 134 valence electrons. The Hall–Kier alpha value is -1.14. The van der Waals surface area contributed by atoms with Crippen LogP contribution in [-0.2, 0) is 19.1 Å². The summed E-state index contributed by atoms with van der Waals surface area (Å²) in [6, 6.07) is 0. The molecule has 0 radical (unpaired) electrons. The summed E-state index contributed by atoms with van der Waals surface area (Å²) in [4.78, 5) is 22.1. The molecule has 1 saturated heterocycles. The number of hydrogen-bond donors (Lipinski definition) is 2. The molecule has 2 unspecified atom stereocenters. The molecule has 0 bridgehead atoms. The minimum absolute atomic E-state index is 0.510. The molecule has 0 aromatic rings. The number of ether oxygens (including phenoxy) is 2. The molecule has 6 nitrogen and oxygen atoms in total. The van der Waals surface area contributed by atoms with Crippen molar-refractivity contribution in [2.45, 2.75) is 96.1 Å². The van der Waals surface area contributed by atoms with E-state index in [1.54, 1.807) is 6.92 Å². The molecule has 1 fully saturated rings. The van der Waals surface area contributed by atoms with Crippen LogP contribution in [0.4, 0.5) is 0 Å². The quantitative estimate of drug-likeness (QED) is 0.531. The molecule has 0 aromatic heterocycles. The van der Waals surface area contributed by atoms with E-state index in [9.17, 15) is 9.59 Å². The van der Waals surface area contributed by atoms with Crippen molar-refractivity contribution >= 4 is 11.9 Å². The van der Waals surface area contributed by atoms with Gasteiger partial charge in [0, 0.05) is 6.42 Å². The summed E-state index contributed by atoms with van der Waals surface area (Å²) in [5.41, 5.74) is 0. The first-order valence-corrected chi connectivity index (χ1v) is 8.71. The monoisotopic (exact) mass is 330 g/mol. The summed E-state index contributed by atoms with van der Waals surface area (Å²) < 4.78 is 10.7. The predicted octanol–water partition coefficient (Wildman–Crippen LogP) is 3.58.